The van der Waals surface area contributed by atoms with Crippen LogP contribution in [-0.2, 0) is 25.7 Å². The summed E-state index contributed by atoms with van der Waals surface area (Å²) in [5, 5.41) is 2.92. The summed E-state index contributed by atoms with van der Waals surface area (Å²) in [5.74, 6) is 0. The fourth-order valence-electron chi connectivity index (χ4n) is 5.69. The standard InChI is InChI=1S/2C15H20N2/c1-10-8-13-12-4-6-17(3)7-5-14(12)16-15(13)9-11(10)2;1-10-4-5-14-15(11(10)2)12-6-8-17(3)9-7-13(12)16-14/h8-9,16H,4-7H2,1-3H3;4-5,16H,6-9H2,1-3H3. The van der Waals surface area contributed by atoms with Gasteiger partial charge in [0.1, 0.15) is 0 Å². The molecule has 2 aromatic heterocycles. The topological polar surface area (TPSA) is 38.1 Å². The Hall–Kier alpha value is -2.56. The molecule has 2 aliphatic heterocycles. The van der Waals surface area contributed by atoms with Gasteiger partial charge in [-0.3, -0.25) is 0 Å². The lowest BCUT2D eigenvalue weighted by Gasteiger charge is -2.12. The molecule has 0 saturated carbocycles. The number of fused-ring (bicyclic) bond motifs is 6. The molecular formula is C30H40N4. The number of hydrogen-bond donors (Lipinski definition) is 2. The van der Waals surface area contributed by atoms with E-state index in [1.165, 1.54) is 81.4 Å². The third kappa shape index (κ3) is 4.30. The van der Waals surface area contributed by atoms with Crippen molar-refractivity contribution in [2.45, 2.75) is 53.4 Å². The van der Waals surface area contributed by atoms with Gasteiger partial charge >= 0.3 is 0 Å². The van der Waals surface area contributed by atoms with Crippen LogP contribution in [0.5, 0.6) is 0 Å². The highest BCUT2D eigenvalue weighted by atomic mass is 15.1. The number of H-pyrrole nitrogens is 2. The minimum Gasteiger partial charge on any atom is -0.358 e. The van der Waals surface area contributed by atoms with E-state index in [0.717, 1.165) is 25.9 Å². The maximum Gasteiger partial charge on any atom is 0.0461 e. The Bertz CT molecular complexity index is 1340. The van der Waals surface area contributed by atoms with Crippen molar-refractivity contribution in [2.24, 2.45) is 0 Å². The molecule has 4 heterocycles. The van der Waals surface area contributed by atoms with E-state index in [0.29, 0.717) is 0 Å². The first-order chi connectivity index (χ1) is 16.3. The molecule has 0 spiro atoms. The zero-order chi connectivity index (χ0) is 24.0. The third-order valence-electron chi connectivity index (χ3n) is 8.27. The molecule has 4 aromatic rings. The Labute approximate surface area is 204 Å². The van der Waals surface area contributed by atoms with Crippen molar-refractivity contribution in [3.05, 3.63) is 69.0 Å². The molecule has 6 rings (SSSR count). The van der Waals surface area contributed by atoms with Gasteiger partial charge in [-0.2, -0.15) is 0 Å². The van der Waals surface area contributed by atoms with Crippen molar-refractivity contribution in [3.8, 4) is 0 Å². The van der Waals surface area contributed by atoms with Gasteiger partial charge in [0, 0.05) is 72.2 Å². The van der Waals surface area contributed by atoms with Gasteiger partial charge in [0.2, 0.25) is 0 Å². The highest BCUT2D eigenvalue weighted by Crippen LogP contribution is 2.30. The first-order valence-electron chi connectivity index (χ1n) is 12.9. The third-order valence-corrected chi connectivity index (χ3v) is 8.27. The van der Waals surface area contributed by atoms with Crippen LogP contribution in [0.25, 0.3) is 21.8 Å². The molecule has 34 heavy (non-hydrogen) atoms. The van der Waals surface area contributed by atoms with Crippen LogP contribution in [0, 0.1) is 27.7 Å². The summed E-state index contributed by atoms with van der Waals surface area (Å²) in [6, 6.07) is 9.10. The van der Waals surface area contributed by atoms with Crippen molar-refractivity contribution in [1.82, 2.24) is 19.8 Å². The van der Waals surface area contributed by atoms with E-state index in [9.17, 15) is 0 Å². The van der Waals surface area contributed by atoms with Crippen molar-refractivity contribution < 1.29 is 0 Å². The van der Waals surface area contributed by atoms with E-state index in [4.69, 9.17) is 0 Å². The first kappa shape index (κ1) is 23.2. The number of aromatic nitrogens is 2. The van der Waals surface area contributed by atoms with Gasteiger partial charge < -0.3 is 19.8 Å². The smallest absolute Gasteiger partial charge is 0.0461 e. The molecule has 0 bridgehead atoms. The fraction of sp³-hybridized carbons (Fsp3) is 0.467. The lowest BCUT2D eigenvalue weighted by molar-refractivity contribution is 0.352. The zero-order valence-electron chi connectivity index (χ0n) is 21.9. The quantitative estimate of drug-likeness (QED) is 0.360. The van der Waals surface area contributed by atoms with Gasteiger partial charge in [0.25, 0.3) is 0 Å². The Morgan fingerprint density at radius 2 is 1.18 bits per heavy atom. The Kier molecular flexibility index (Phi) is 6.30. The first-order valence-corrected chi connectivity index (χ1v) is 12.9. The predicted molar refractivity (Wildman–Crippen MR) is 145 cm³/mol. The fourth-order valence-corrected chi connectivity index (χ4v) is 5.69. The predicted octanol–water partition coefficient (Wildman–Crippen LogP) is 5.63. The minimum atomic E-state index is 1.15. The van der Waals surface area contributed by atoms with Crippen LogP contribution in [0.1, 0.15) is 44.8 Å². The van der Waals surface area contributed by atoms with Crippen LogP contribution in [0.15, 0.2) is 24.3 Å². The average Bonchev–Trinajstić information content (AvgIpc) is 3.20. The number of rotatable bonds is 0. The number of nitrogens with zero attached hydrogens (tertiary/aromatic N) is 2. The second kappa shape index (κ2) is 9.24. The molecular weight excluding hydrogens is 416 g/mol. The SMILES string of the molecule is Cc1cc2[nH]c3c(c2cc1C)CCN(C)CC3.Cc1ccc2[nH]c3c(c2c1C)CCN(C)CC3. The van der Waals surface area contributed by atoms with Gasteiger partial charge in [0.05, 0.1) is 0 Å². The Balaban J connectivity index is 0.000000142. The molecule has 2 aliphatic rings. The Morgan fingerprint density at radius 3 is 1.88 bits per heavy atom. The van der Waals surface area contributed by atoms with E-state index in [-0.39, 0.29) is 0 Å². The van der Waals surface area contributed by atoms with Crippen LogP contribution in [0.2, 0.25) is 0 Å². The van der Waals surface area contributed by atoms with Crippen LogP contribution in [0.3, 0.4) is 0 Å². The van der Waals surface area contributed by atoms with Crippen LogP contribution in [0.4, 0.5) is 0 Å². The summed E-state index contributed by atoms with van der Waals surface area (Å²) in [7, 11) is 4.43. The molecule has 2 N–H and O–H groups in total. The second-order valence-electron chi connectivity index (χ2n) is 10.7. The lowest BCUT2D eigenvalue weighted by Crippen LogP contribution is -2.21. The number of benzene rings is 2. The maximum atomic E-state index is 3.62. The molecule has 0 unspecified atom stereocenters. The number of hydrogen-bond acceptors (Lipinski definition) is 2. The van der Waals surface area contributed by atoms with Gasteiger partial charge in [-0.05, 0) is 106 Å². The minimum absolute atomic E-state index is 1.15. The number of likely N-dealkylation sites (N-methyl/N-ethyl adjacent to an activating group) is 2. The van der Waals surface area contributed by atoms with Gasteiger partial charge in [0.15, 0.2) is 0 Å². The van der Waals surface area contributed by atoms with Crippen molar-refractivity contribution >= 4 is 21.8 Å². The van der Waals surface area contributed by atoms with Crippen molar-refractivity contribution in [3.63, 3.8) is 0 Å². The number of aryl methyl sites for hydroxylation is 4. The maximum absolute atomic E-state index is 3.62. The molecule has 0 amide bonds. The highest BCUT2D eigenvalue weighted by molar-refractivity contribution is 5.89. The molecule has 0 radical (unpaired) electrons. The molecule has 4 nitrogen and oxygen atoms in total. The van der Waals surface area contributed by atoms with Gasteiger partial charge in [-0.25, -0.2) is 0 Å². The monoisotopic (exact) mass is 456 g/mol. The summed E-state index contributed by atoms with van der Waals surface area (Å²) in [6.45, 7) is 13.5. The summed E-state index contributed by atoms with van der Waals surface area (Å²) in [6.07, 6.45) is 4.65. The van der Waals surface area contributed by atoms with Crippen LogP contribution in [-0.4, -0.2) is 60.0 Å². The average molecular weight is 457 g/mol. The van der Waals surface area contributed by atoms with Gasteiger partial charge in [-0.15, -0.1) is 0 Å². The van der Waals surface area contributed by atoms with Crippen LogP contribution >= 0.6 is 0 Å². The largest absolute Gasteiger partial charge is 0.358 e. The summed E-state index contributed by atoms with van der Waals surface area (Å²) in [4.78, 5) is 12.1. The molecule has 4 heteroatoms. The molecule has 2 aromatic carbocycles. The summed E-state index contributed by atoms with van der Waals surface area (Å²) in [5.41, 5.74) is 14.3. The summed E-state index contributed by atoms with van der Waals surface area (Å²) >= 11 is 0. The number of nitrogens with one attached hydrogen (secondary N) is 2. The van der Waals surface area contributed by atoms with E-state index in [1.807, 2.05) is 0 Å². The van der Waals surface area contributed by atoms with Crippen molar-refractivity contribution in [2.75, 3.05) is 40.3 Å². The van der Waals surface area contributed by atoms with Gasteiger partial charge in [-0.1, -0.05) is 6.07 Å². The van der Waals surface area contributed by atoms with E-state index < -0.39 is 0 Å². The lowest BCUT2D eigenvalue weighted by atomic mass is 9.99. The molecule has 180 valence electrons. The molecule has 0 saturated heterocycles. The van der Waals surface area contributed by atoms with Crippen LogP contribution < -0.4 is 0 Å². The van der Waals surface area contributed by atoms with E-state index in [2.05, 4.69) is 85.8 Å². The second-order valence-corrected chi connectivity index (χ2v) is 10.7. The summed E-state index contributed by atoms with van der Waals surface area (Å²) < 4.78 is 0. The van der Waals surface area contributed by atoms with E-state index in [1.54, 1.807) is 11.1 Å². The zero-order valence-corrected chi connectivity index (χ0v) is 21.9. The van der Waals surface area contributed by atoms with E-state index >= 15 is 0 Å². The normalized spacial score (nSPS) is 17.1. The number of aromatic amines is 2. The van der Waals surface area contributed by atoms with Crippen molar-refractivity contribution in [1.29, 1.82) is 0 Å². The molecule has 0 atom stereocenters. The molecule has 0 fully saturated rings. The molecule has 0 aliphatic carbocycles. The highest BCUT2D eigenvalue weighted by Gasteiger charge is 2.18. The Morgan fingerprint density at radius 1 is 0.618 bits per heavy atom.